The molecular weight excluding hydrogens is 396 g/mol. The molecule has 0 aliphatic heterocycles. The summed E-state index contributed by atoms with van der Waals surface area (Å²) < 4.78 is 1.51. The molecule has 2 N–H and O–H groups in total. The third kappa shape index (κ3) is 4.82. The largest absolute Gasteiger partial charge is 0.335 e. The first-order chi connectivity index (χ1) is 13.5. The van der Waals surface area contributed by atoms with Gasteiger partial charge in [-0.15, -0.1) is 17.9 Å². The maximum atomic E-state index is 12.8. The van der Waals surface area contributed by atoms with Gasteiger partial charge in [0.1, 0.15) is 4.83 Å². The zero-order valence-electron chi connectivity index (χ0n) is 15.8. The van der Waals surface area contributed by atoms with Gasteiger partial charge in [-0.25, -0.2) is 9.78 Å². The van der Waals surface area contributed by atoms with Crippen molar-refractivity contribution in [2.45, 2.75) is 56.8 Å². The minimum Gasteiger partial charge on any atom is -0.335 e. The van der Waals surface area contributed by atoms with E-state index in [0.717, 1.165) is 48.7 Å². The standard InChI is InChI=1S/C19H24N4O3S2/c1-3-9-23-17(25)14-10-13(4-2)28-16(14)22-19(23)27-11-15(24)21-18(26)20-12-7-5-6-8-12/h3,10,12H,1,4-9,11H2,2H3,(H2,20,21,24,26). The molecule has 1 aliphatic carbocycles. The van der Waals surface area contributed by atoms with E-state index in [-0.39, 0.29) is 17.4 Å². The van der Waals surface area contributed by atoms with Crippen molar-refractivity contribution in [3.8, 4) is 0 Å². The molecule has 1 fully saturated rings. The topological polar surface area (TPSA) is 93.1 Å². The van der Waals surface area contributed by atoms with Crippen LogP contribution in [0.5, 0.6) is 0 Å². The molecule has 0 aromatic carbocycles. The molecule has 9 heteroatoms. The number of amides is 3. The molecule has 0 unspecified atom stereocenters. The van der Waals surface area contributed by atoms with E-state index in [1.807, 2.05) is 13.0 Å². The number of urea groups is 1. The lowest BCUT2D eigenvalue weighted by Crippen LogP contribution is -2.44. The molecule has 28 heavy (non-hydrogen) atoms. The van der Waals surface area contributed by atoms with Gasteiger partial charge in [-0.3, -0.25) is 19.5 Å². The summed E-state index contributed by atoms with van der Waals surface area (Å²) in [6, 6.07) is 1.56. The maximum absolute atomic E-state index is 12.8. The van der Waals surface area contributed by atoms with Crippen molar-refractivity contribution < 1.29 is 9.59 Å². The lowest BCUT2D eigenvalue weighted by Gasteiger charge is -2.12. The van der Waals surface area contributed by atoms with Crippen molar-refractivity contribution >= 4 is 45.3 Å². The van der Waals surface area contributed by atoms with Gasteiger partial charge in [0.05, 0.1) is 11.1 Å². The maximum Gasteiger partial charge on any atom is 0.321 e. The summed E-state index contributed by atoms with van der Waals surface area (Å²) in [7, 11) is 0. The number of thioether (sulfide) groups is 1. The Balaban J connectivity index is 1.69. The van der Waals surface area contributed by atoms with E-state index in [2.05, 4.69) is 22.2 Å². The monoisotopic (exact) mass is 420 g/mol. The number of imide groups is 1. The third-order valence-corrected chi connectivity index (χ3v) is 6.75. The number of hydrogen-bond acceptors (Lipinski definition) is 6. The minimum absolute atomic E-state index is 0.000807. The van der Waals surface area contributed by atoms with Crippen LogP contribution in [0.4, 0.5) is 4.79 Å². The van der Waals surface area contributed by atoms with Gasteiger partial charge in [-0.2, -0.15) is 0 Å². The second-order valence-corrected chi connectivity index (χ2v) is 8.73. The number of rotatable bonds is 7. The van der Waals surface area contributed by atoms with Gasteiger partial charge < -0.3 is 5.32 Å². The zero-order valence-corrected chi connectivity index (χ0v) is 17.5. The van der Waals surface area contributed by atoms with Crippen molar-refractivity contribution in [3.63, 3.8) is 0 Å². The number of allylic oxidation sites excluding steroid dienone is 1. The fraction of sp³-hybridized carbons (Fsp3) is 0.474. The second kappa shape index (κ2) is 9.38. The third-order valence-electron chi connectivity index (χ3n) is 4.60. The van der Waals surface area contributed by atoms with Crippen LogP contribution in [-0.2, 0) is 17.8 Å². The number of carbonyl (C=O) groups is 2. The van der Waals surface area contributed by atoms with E-state index in [4.69, 9.17) is 0 Å². The Bertz CT molecular complexity index is 945. The number of nitrogens with one attached hydrogen (secondary N) is 2. The summed E-state index contributed by atoms with van der Waals surface area (Å²) in [5.41, 5.74) is -0.136. The molecule has 2 heterocycles. The van der Waals surface area contributed by atoms with Crippen LogP contribution in [0.2, 0.25) is 0 Å². The summed E-state index contributed by atoms with van der Waals surface area (Å²) in [5, 5.41) is 6.21. The SMILES string of the molecule is C=CCn1c(SCC(=O)NC(=O)NC2CCCC2)nc2sc(CC)cc2c1=O. The molecule has 1 aliphatic rings. The van der Waals surface area contributed by atoms with Gasteiger partial charge in [0.25, 0.3) is 5.56 Å². The van der Waals surface area contributed by atoms with E-state index in [9.17, 15) is 14.4 Å². The highest BCUT2D eigenvalue weighted by Crippen LogP contribution is 2.25. The fourth-order valence-electron chi connectivity index (χ4n) is 3.21. The summed E-state index contributed by atoms with van der Waals surface area (Å²) in [6.07, 6.45) is 6.58. The Morgan fingerprint density at radius 3 is 2.86 bits per heavy atom. The van der Waals surface area contributed by atoms with Crippen LogP contribution >= 0.6 is 23.1 Å². The van der Waals surface area contributed by atoms with Crippen LogP contribution in [0.25, 0.3) is 10.2 Å². The predicted octanol–water partition coefficient (Wildman–Crippen LogP) is 3.07. The highest BCUT2D eigenvalue weighted by atomic mass is 32.2. The van der Waals surface area contributed by atoms with E-state index in [1.165, 1.54) is 15.9 Å². The number of aromatic nitrogens is 2. The van der Waals surface area contributed by atoms with Crippen LogP contribution in [0.3, 0.4) is 0 Å². The summed E-state index contributed by atoms with van der Waals surface area (Å²) in [4.78, 5) is 43.2. The Labute approximate surface area is 171 Å². The number of fused-ring (bicyclic) bond motifs is 1. The number of aryl methyl sites for hydroxylation is 1. The Morgan fingerprint density at radius 2 is 2.18 bits per heavy atom. The number of thiophene rings is 1. The van der Waals surface area contributed by atoms with Crippen LogP contribution in [0.1, 0.15) is 37.5 Å². The minimum atomic E-state index is -0.463. The van der Waals surface area contributed by atoms with Crippen molar-refractivity contribution in [2.75, 3.05) is 5.75 Å². The zero-order chi connectivity index (χ0) is 20.1. The van der Waals surface area contributed by atoms with Crippen molar-refractivity contribution in [1.82, 2.24) is 20.2 Å². The van der Waals surface area contributed by atoms with Gasteiger partial charge in [-0.1, -0.05) is 37.6 Å². The number of nitrogens with zero attached hydrogens (tertiary/aromatic N) is 2. The lowest BCUT2D eigenvalue weighted by atomic mass is 10.2. The first kappa shape index (κ1) is 20.6. The molecule has 2 aromatic rings. The van der Waals surface area contributed by atoms with E-state index in [0.29, 0.717) is 21.9 Å². The van der Waals surface area contributed by atoms with Crippen LogP contribution in [0.15, 0.2) is 28.7 Å². The molecule has 0 spiro atoms. The van der Waals surface area contributed by atoms with Gasteiger partial charge in [0, 0.05) is 17.5 Å². The fourth-order valence-corrected chi connectivity index (χ4v) is 5.02. The normalized spacial score (nSPS) is 14.3. The highest BCUT2D eigenvalue weighted by Gasteiger charge is 2.19. The van der Waals surface area contributed by atoms with Crippen molar-refractivity contribution in [2.24, 2.45) is 0 Å². The molecule has 0 atom stereocenters. The molecule has 0 radical (unpaired) electrons. The molecule has 1 saturated carbocycles. The average molecular weight is 421 g/mol. The van der Waals surface area contributed by atoms with E-state index in [1.54, 1.807) is 6.08 Å². The van der Waals surface area contributed by atoms with E-state index >= 15 is 0 Å². The second-order valence-electron chi connectivity index (χ2n) is 6.68. The van der Waals surface area contributed by atoms with Crippen molar-refractivity contribution in [3.05, 3.63) is 34.0 Å². The highest BCUT2D eigenvalue weighted by molar-refractivity contribution is 7.99. The van der Waals surface area contributed by atoms with Gasteiger partial charge in [0.15, 0.2) is 5.16 Å². The van der Waals surface area contributed by atoms with Gasteiger partial charge in [0.2, 0.25) is 5.91 Å². The molecule has 0 bridgehead atoms. The van der Waals surface area contributed by atoms with Crippen LogP contribution in [-0.4, -0.2) is 33.3 Å². The van der Waals surface area contributed by atoms with Gasteiger partial charge >= 0.3 is 6.03 Å². The molecule has 2 aromatic heterocycles. The van der Waals surface area contributed by atoms with Crippen LogP contribution < -0.4 is 16.2 Å². The predicted molar refractivity (Wildman–Crippen MR) is 113 cm³/mol. The first-order valence-electron chi connectivity index (χ1n) is 9.39. The molecule has 7 nitrogen and oxygen atoms in total. The Morgan fingerprint density at radius 1 is 1.43 bits per heavy atom. The van der Waals surface area contributed by atoms with Crippen molar-refractivity contribution in [1.29, 1.82) is 0 Å². The number of carbonyl (C=O) groups excluding carboxylic acids is 2. The molecule has 0 saturated heterocycles. The Hall–Kier alpha value is -2.13. The van der Waals surface area contributed by atoms with Gasteiger partial charge in [-0.05, 0) is 25.3 Å². The lowest BCUT2D eigenvalue weighted by molar-refractivity contribution is -0.117. The molecule has 3 rings (SSSR count). The molecule has 150 valence electrons. The summed E-state index contributed by atoms with van der Waals surface area (Å²) >= 11 is 2.63. The average Bonchev–Trinajstić information content (AvgIpc) is 3.32. The van der Waals surface area contributed by atoms with Crippen LogP contribution in [0, 0.1) is 0 Å². The first-order valence-corrected chi connectivity index (χ1v) is 11.2. The summed E-state index contributed by atoms with van der Waals surface area (Å²) in [6.45, 7) is 6.04. The molecular formula is C19H24N4O3S2. The smallest absolute Gasteiger partial charge is 0.321 e. The number of hydrogen-bond donors (Lipinski definition) is 2. The summed E-state index contributed by atoms with van der Waals surface area (Å²) in [5.74, 6) is -0.417. The quantitative estimate of drug-likeness (QED) is 0.408. The van der Waals surface area contributed by atoms with E-state index < -0.39 is 11.9 Å². The Kier molecular flexibility index (Phi) is 6.90. The molecule has 3 amide bonds.